The summed E-state index contributed by atoms with van der Waals surface area (Å²) in [6.07, 6.45) is 0. The third kappa shape index (κ3) is 4.53. The van der Waals surface area contributed by atoms with Crippen molar-refractivity contribution in [2.45, 2.75) is 19.9 Å². The van der Waals surface area contributed by atoms with E-state index in [0.29, 0.717) is 35.4 Å². The highest BCUT2D eigenvalue weighted by atomic mass is 16.5. The highest BCUT2D eigenvalue weighted by molar-refractivity contribution is 5.95. The maximum atomic E-state index is 12.3. The normalized spacial score (nSPS) is 10.7. The van der Waals surface area contributed by atoms with Crippen LogP contribution in [-0.4, -0.2) is 58.3 Å². The molecule has 6 heteroatoms. The third-order valence-corrected chi connectivity index (χ3v) is 3.56. The van der Waals surface area contributed by atoms with Crippen LogP contribution in [0, 0.1) is 0 Å². The van der Waals surface area contributed by atoms with Crippen LogP contribution in [0.25, 0.3) is 0 Å². The average molecular weight is 310 g/mol. The summed E-state index contributed by atoms with van der Waals surface area (Å²) in [6.45, 7) is 5.58. The van der Waals surface area contributed by atoms with Gasteiger partial charge < -0.3 is 24.4 Å². The molecule has 6 nitrogen and oxygen atoms in total. The maximum Gasteiger partial charge on any atom is 0.251 e. The van der Waals surface area contributed by atoms with Gasteiger partial charge in [-0.25, -0.2) is 0 Å². The monoisotopic (exact) mass is 310 g/mol. The summed E-state index contributed by atoms with van der Waals surface area (Å²) in [5.74, 6) is 1.23. The Hall–Kier alpha value is -1.95. The van der Waals surface area contributed by atoms with Gasteiger partial charge in [-0.3, -0.25) is 4.79 Å². The van der Waals surface area contributed by atoms with Gasteiger partial charge in [-0.1, -0.05) is 0 Å². The van der Waals surface area contributed by atoms with Crippen LogP contribution in [0.2, 0.25) is 0 Å². The van der Waals surface area contributed by atoms with Crippen molar-refractivity contribution >= 4 is 5.91 Å². The largest absolute Gasteiger partial charge is 0.493 e. The lowest BCUT2D eigenvalue weighted by Gasteiger charge is -2.21. The van der Waals surface area contributed by atoms with E-state index >= 15 is 0 Å². The lowest BCUT2D eigenvalue weighted by molar-refractivity contribution is 0.0947. The lowest BCUT2D eigenvalue weighted by Crippen LogP contribution is -2.36. The van der Waals surface area contributed by atoms with Gasteiger partial charge in [0.25, 0.3) is 5.91 Å². The van der Waals surface area contributed by atoms with Crippen LogP contribution >= 0.6 is 0 Å². The average Bonchev–Trinajstić information content (AvgIpc) is 2.52. The van der Waals surface area contributed by atoms with Crippen LogP contribution in [0.5, 0.6) is 17.2 Å². The molecule has 0 radical (unpaired) electrons. The second-order valence-corrected chi connectivity index (χ2v) is 5.24. The van der Waals surface area contributed by atoms with E-state index in [9.17, 15) is 4.79 Å². The number of hydrogen-bond acceptors (Lipinski definition) is 5. The predicted octanol–water partition coefficient (Wildman–Crippen LogP) is 1.78. The fraction of sp³-hybridized carbons (Fsp3) is 0.562. The second kappa shape index (κ2) is 8.48. The van der Waals surface area contributed by atoms with Gasteiger partial charge in [0.2, 0.25) is 5.75 Å². The van der Waals surface area contributed by atoms with Crippen molar-refractivity contribution in [3.05, 3.63) is 17.7 Å². The maximum absolute atomic E-state index is 12.3. The fourth-order valence-corrected chi connectivity index (χ4v) is 1.92. The molecule has 0 aliphatic heterocycles. The molecular formula is C16H26N2O4. The number of rotatable bonds is 8. The van der Waals surface area contributed by atoms with Crippen molar-refractivity contribution in [3.8, 4) is 17.2 Å². The minimum Gasteiger partial charge on any atom is -0.493 e. The molecule has 0 aliphatic rings. The van der Waals surface area contributed by atoms with Gasteiger partial charge in [0.05, 0.1) is 21.3 Å². The fourth-order valence-electron chi connectivity index (χ4n) is 1.92. The molecule has 1 aromatic carbocycles. The molecule has 0 fully saturated rings. The Balaban J connectivity index is 2.81. The summed E-state index contributed by atoms with van der Waals surface area (Å²) in [6, 6.07) is 3.73. The van der Waals surface area contributed by atoms with Gasteiger partial charge >= 0.3 is 0 Å². The lowest BCUT2D eigenvalue weighted by atomic mass is 10.1. The Labute approximate surface area is 132 Å². The standard InChI is InChI=1S/C16H26N2O4/c1-11(2)18(3)8-7-17-16(19)12-9-13(20-4)15(22-6)14(10-12)21-5/h9-11H,7-8H2,1-6H3,(H,17,19). The van der Waals surface area contributed by atoms with Crippen LogP contribution in [0.15, 0.2) is 12.1 Å². The first-order valence-electron chi connectivity index (χ1n) is 7.23. The third-order valence-electron chi connectivity index (χ3n) is 3.56. The van der Waals surface area contributed by atoms with Gasteiger partial charge in [-0.2, -0.15) is 0 Å². The van der Waals surface area contributed by atoms with E-state index in [4.69, 9.17) is 14.2 Å². The molecule has 0 saturated heterocycles. The Morgan fingerprint density at radius 3 is 2.09 bits per heavy atom. The highest BCUT2D eigenvalue weighted by Crippen LogP contribution is 2.38. The first-order chi connectivity index (χ1) is 10.4. The Morgan fingerprint density at radius 2 is 1.68 bits per heavy atom. The van der Waals surface area contributed by atoms with Crippen molar-refractivity contribution in [2.24, 2.45) is 0 Å². The number of methoxy groups -OCH3 is 3. The number of ether oxygens (including phenoxy) is 3. The number of benzene rings is 1. The summed E-state index contributed by atoms with van der Waals surface area (Å²) in [5.41, 5.74) is 0.474. The van der Waals surface area contributed by atoms with Crippen molar-refractivity contribution in [3.63, 3.8) is 0 Å². The van der Waals surface area contributed by atoms with E-state index in [-0.39, 0.29) is 5.91 Å². The van der Waals surface area contributed by atoms with Gasteiger partial charge in [0.1, 0.15) is 0 Å². The second-order valence-electron chi connectivity index (χ2n) is 5.24. The molecule has 0 heterocycles. The number of amides is 1. The number of carbonyl (C=O) groups is 1. The molecule has 0 aliphatic carbocycles. The molecule has 1 N–H and O–H groups in total. The number of nitrogens with zero attached hydrogens (tertiary/aromatic N) is 1. The molecule has 0 spiro atoms. The molecule has 1 amide bonds. The van der Waals surface area contributed by atoms with E-state index in [1.54, 1.807) is 12.1 Å². The highest BCUT2D eigenvalue weighted by Gasteiger charge is 2.16. The quantitative estimate of drug-likeness (QED) is 0.793. The van der Waals surface area contributed by atoms with Crippen molar-refractivity contribution in [1.29, 1.82) is 0 Å². The summed E-state index contributed by atoms with van der Waals surface area (Å²) in [7, 11) is 6.60. The van der Waals surface area contributed by atoms with Crippen LogP contribution in [0.4, 0.5) is 0 Å². The van der Waals surface area contributed by atoms with Crippen LogP contribution in [0.1, 0.15) is 24.2 Å². The van der Waals surface area contributed by atoms with E-state index in [0.717, 1.165) is 6.54 Å². The molecule has 0 unspecified atom stereocenters. The number of likely N-dealkylation sites (N-methyl/N-ethyl adjacent to an activating group) is 1. The number of carbonyl (C=O) groups excluding carboxylic acids is 1. The van der Waals surface area contributed by atoms with Crippen molar-refractivity contribution in [1.82, 2.24) is 10.2 Å². The summed E-state index contributed by atoms with van der Waals surface area (Å²) in [5, 5.41) is 2.89. The zero-order valence-electron chi connectivity index (χ0n) is 14.2. The molecule has 124 valence electrons. The van der Waals surface area contributed by atoms with Gasteiger partial charge in [-0.15, -0.1) is 0 Å². The first-order valence-corrected chi connectivity index (χ1v) is 7.23. The molecular weight excluding hydrogens is 284 g/mol. The van der Waals surface area contributed by atoms with Crippen molar-refractivity contribution in [2.75, 3.05) is 41.5 Å². The summed E-state index contributed by atoms with van der Waals surface area (Å²) < 4.78 is 15.7. The number of hydrogen-bond donors (Lipinski definition) is 1. The van der Waals surface area contributed by atoms with Gasteiger partial charge in [-0.05, 0) is 33.0 Å². The molecule has 0 aromatic heterocycles. The molecule has 22 heavy (non-hydrogen) atoms. The molecule has 0 atom stereocenters. The van der Waals surface area contributed by atoms with Crippen molar-refractivity contribution < 1.29 is 19.0 Å². The molecule has 1 aromatic rings. The Kier molecular flexibility index (Phi) is 6.98. The zero-order valence-corrected chi connectivity index (χ0v) is 14.2. The minimum absolute atomic E-state index is 0.170. The summed E-state index contributed by atoms with van der Waals surface area (Å²) >= 11 is 0. The van der Waals surface area contributed by atoms with Gasteiger partial charge in [0.15, 0.2) is 11.5 Å². The van der Waals surface area contributed by atoms with Crippen LogP contribution in [-0.2, 0) is 0 Å². The minimum atomic E-state index is -0.170. The van der Waals surface area contributed by atoms with E-state index < -0.39 is 0 Å². The Bertz CT molecular complexity index is 478. The molecule has 1 rings (SSSR count). The van der Waals surface area contributed by atoms with E-state index in [1.807, 2.05) is 7.05 Å². The van der Waals surface area contributed by atoms with E-state index in [1.165, 1.54) is 21.3 Å². The van der Waals surface area contributed by atoms with Gasteiger partial charge in [0, 0.05) is 24.7 Å². The molecule has 0 bridgehead atoms. The number of nitrogens with one attached hydrogen (secondary N) is 1. The zero-order chi connectivity index (χ0) is 16.7. The summed E-state index contributed by atoms with van der Waals surface area (Å²) in [4.78, 5) is 14.4. The Morgan fingerprint density at radius 1 is 1.14 bits per heavy atom. The smallest absolute Gasteiger partial charge is 0.251 e. The molecule has 0 saturated carbocycles. The van der Waals surface area contributed by atoms with Crippen LogP contribution < -0.4 is 19.5 Å². The predicted molar refractivity (Wildman–Crippen MR) is 86.2 cm³/mol. The van der Waals surface area contributed by atoms with E-state index in [2.05, 4.69) is 24.1 Å². The van der Waals surface area contributed by atoms with Crippen LogP contribution in [0.3, 0.4) is 0 Å². The SMILES string of the molecule is COc1cc(C(=O)NCCN(C)C(C)C)cc(OC)c1OC. The topological polar surface area (TPSA) is 60.0 Å². The first kappa shape index (κ1) is 18.1.